The molecular weight excluding hydrogens is 276 g/mol. The molecule has 18 heavy (non-hydrogen) atoms. The SMILES string of the molecule is COCCCOCC1(CS(=O)(=O)Cl)CCCCC1. The molecule has 1 saturated carbocycles. The van der Waals surface area contributed by atoms with Crippen molar-refractivity contribution >= 4 is 19.7 Å². The standard InChI is InChI=1S/C12H23ClO4S/c1-16-8-5-9-17-10-12(11-18(13,14)15)6-3-2-4-7-12/h2-11H2,1H3. The second kappa shape index (κ2) is 7.68. The first kappa shape index (κ1) is 16.2. The van der Waals surface area contributed by atoms with Crippen molar-refractivity contribution in [2.24, 2.45) is 5.41 Å². The minimum Gasteiger partial charge on any atom is -0.385 e. The second-order valence-corrected chi connectivity index (χ2v) is 7.92. The molecule has 0 aromatic carbocycles. The third-order valence-corrected chi connectivity index (χ3v) is 4.72. The van der Waals surface area contributed by atoms with Crippen LogP contribution in [0.2, 0.25) is 0 Å². The third kappa shape index (κ3) is 6.36. The first-order valence-electron chi connectivity index (χ1n) is 6.46. The molecule has 1 fully saturated rings. The molecule has 1 aliphatic rings. The van der Waals surface area contributed by atoms with E-state index in [2.05, 4.69) is 0 Å². The maximum Gasteiger partial charge on any atom is 0.233 e. The molecule has 0 spiro atoms. The molecule has 0 unspecified atom stereocenters. The van der Waals surface area contributed by atoms with Crippen LogP contribution in [0.15, 0.2) is 0 Å². The van der Waals surface area contributed by atoms with Crippen LogP contribution in [-0.4, -0.2) is 41.1 Å². The summed E-state index contributed by atoms with van der Waals surface area (Å²) in [5.41, 5.74) is -0.272. The fraction of sp³-hybridized carbons (Fsp3) is 1.00. The Morgan fingerprint density at radius 3 is 2.39 bits per heavy atom. The van der Waals surface area contributed by atoms with Crippen LogP contribution in [0.25, 0.3) is 0 Å². The highest BCUT2D eigenvalue weighted by molar-refractivity contribution is 8.13. The Balaban J connectivity index is 2.45. The molecule has 1 aliphatic carbocycles. The van der Waals surface area contributed by atoms with Gasteiger partial charge in [0.15, 0.2) is 0 Å². The van der Waals surface area contributed by atoms with Gasteiger partial charge in [-0.05, 0) is 19.3 Å². The molecule has 0 saturated heterocycles. The topological polar surface area (TPSA) is 52.6 Å². The maximum atomic E-state index is 11.3. The molecule has 0 amide bonds. The Hall–Kier alpha value is 0.160. The van der Waals surface area contributed by atoms with Gasteiger partial charge in [0.25, 0.3) is 0 Å². The van der Waals surface area contributed by atoms with Crippen LogP contribution in [0.4, 0.5) is 0 Å². The minimum absolute atomic E-state index is 0.0336. The van der Waals surface area contributed by atoms with Gasteiger partial charge in [0.05, 0.1) is 12.4 Å². The van der Waals surface area contributed by atoms with Gasteiger partial charge in [0, 0.05) is 36.4 Å². The molecule has 0 heterocycles. The lowest BCUT2D eigenvalue weighted by Gasteiger charge is -2.35. The largest absolute Gasteiger partial charge is 0.385 e. The van der Waals surface area contributed by atoms with Gasteiger partial charge < -0.3 is 9.47 Å². The highest BCUT2D eigenvalue weighted by Gasteiger charge is 2.36. The molecule has 0 aliphatic heterocycles. The normalized spacial score (nSPS) is 19.9. The van der Waals surface area contributed by atoms with E-state index < -0.39 is 9.05 Å². The lowest BCUT2D eigenvalue weighted by molar-refractivity contribution is 0.0247. The van der Waals surface area contributed by atoms with E-state index in [0.29, 0.717) is 19.8 Å². The number of hydrogen-bond donors (Lipinski definition) is 0. The first-order valence-corrected chi connectivity index (χ1v) is 8.94. The number of rotatable bonds is 8. The van der Waals surface area contributed by atoms with E-state index in [9.17, 15) is 8.42 Å². The molecule has 0 aromatic heterocycles. The zero-order valence-electron chi connectivity index (χ0n) is 11.0. The average Bonchev–Trinajstić information content (AvgIpc) is 2.27. The summed E-state index contributed by atoms with van der Waals surface area (Å²) < 4.78 is 33.2. The zero-order chi connectivity index (χ0) is 13.5. The van der Waals surface area contributed by atoms with Gasteiger partial charge in [-0.2, -0.15) is 0 Å². The van der Waals surface area contributed by atoms with Crippen LogP contribution in [0.5, 0.6) is 0 Å². The van der Waals surface area contributed by atoms with Gasteiger partial charge in [-0.25, -0.2) is 8.42 Å². The van der Waals surface area contributed by atoms with E-state index in [-0.39, 0.29) is 11.2 Å². The Kier molecular flexibility index (Phi) is 6.92. The van der Waals surface area contributed by atoms with Crippen molar-refractivity contribution in [2.75, 3.05) is 32.7 Å². The Morgan fingerprint density at radius 1 is 1.17 bits per heavy atom. The summed E-state index contributed by atoms with van der Waals surface area (Å²) in [6.45, 7) is 1.77. The van der Waals surface area contributed by atoms with Crippen LogP contribution < -0.4 is 0 Å². The second-order valence-electron chi connectivity index (χ2n) is 5.14. The van der Waals surface area contributed by atoms with Crippen LogP contribution in [-0.2, 0) is 18.5 Å². The van der Waals surface area contributed by atoms with Crippen molar-refractivity contribution in [3.8, 4) is 0 Å². The van der Waals surface area contributed by atoms with E-state index in [0.717, 1.165) is 32.1 Å². The van der Waals surface area contributed by atoms with Crippen LogP contribution in [0.1, 0.15) is 38.5 Å². The molecule has 0 atom stereocenters. The molecule has 0 radical (unpaired) electrons. The Labute approximate surface area is 114 Å². The number of methoxy groups -OCH3 is 1. The molecule has 1 rings (SSSR count). The molecule has 4 nitrogen and oxygen atoms in total. The fourth-order valence-electron chi connectivity index (χ4n) is 2.59. The van der Waals surface area contributed by atoms with Crippen LogP contribution in [0, 0.1) is 5.41 Å². The zero-order valence-corrected chi connectivity index (χ0v) is 12.6. The first-order chi connectivity index (χ1) is 8.47. The van der Waals surface area contributed by atoms with E-state index in [1.54, 1.807) is 7.11 Å². The van der Waals surface area contributed by atoms with Crippen molar-refractivity contribution in [3.05, 3.63) is 0 Å². The highest BCUT2D eigenvalue weighted by Crippen LogP contribution is 2.38. The van der Waals surface area contributed by atoms with E-state index in [4.69, 9.17) is 20.2 Å². The summed E-state index contributed by atoms with van der Waals surface area (Å²) in [7, 11) is 3.61. The number of ether oxygens (including phenoxy) is 2. The molecule has 108 valence electrons. The van der Waals surface area contributed by atoms with Crippen molar-refractivity contribution in [1.29, 1.82) is 0 Å². The smallest absolute Gasteiger partial charge is 0.233 e. The molecule has 0 N–H and O–H groups in total. The Morgan fingerprint density at radius 2 is 1.83 bits per heavy atom. The summed E-state index contributed by atoms with van der Waals surface area (Å²) in [4.78, 5) is 0. The summed E-state index contributed by atoms with van der Waals surface area (Å²) in [6, 6.07) is 0. The summed E-state index contributed by atoms with van der Waals surface area (Å²) in [6.07, 6.45) is 5.92. The van der Waals surface area contributed by atoms with Crippen molar-refractivity contribution in [1.82, 2.24) is 0 Å². The van der Waals surface area contributed by atoms with Gasteiger partial charge in [-0.3, -0.25) is 0 Å². The van der Waals surface area contributed by atoms with Gasteiger partial charge in [0.2, 0.25) is 9.05 Å². The van der Waals surface area contributed by atoms with E-state index in [1.165, 1.54) is 6.42 Å². The van der Waals surface area contributed by atoms with E-state index >= 15 is 0 Å². The lowest BCUT2D eigenvalue weighted by Crippen LogP contribution is -2.35. The third-order valence-electron chi connectivity index (χ3n) is 3.44. The fourth-order valence-corrected chi connectivity index (χ4v) is 4.39. The summed E-state index contributed by atoms with van der Waals surface area (Å²) in [5.74, 6) is 0.0336. The Bertz CT molecular complexity index is 323. The molecule has 0 aromatic rings. The highest BCUT2D eigenvalue weighted by atomic mass is 35.7. The number of halogens is 1. The van der Waals surface area contributed by atoms with Crippen LogP contribution >= 0.6 is 10.7 Å². The summed E-state index contributed by atoms with van der Waals surface area (Å²) >= 11 is 0. The van der Waals surface area contributed by atoms with E-state index in [1.807, 2.05) is 0 Å². The lowest BCUT2D eigenvalue weighted by atomic mass is 9.76. The average molecular weight is 299 g/mol. The maximum absolute atomic E-state index is 11.3. The number of hydrogen-bond acceptors (Lipinski definition) is 4. The minimum atomic E-state index is -3.46. The molecule has 0 bridgehead atoms. The van der Waals surface area contributed by atoms with Gasteiger partial charge in [0.1, 0.15) is 0 Å². The predicted octanol–water partition coefficient (Wildman–Crippen LogP) is 2.56. The van der Waals surface area contributed by atoms with Gasteiger partial charge >= 0.3 is 0 Å². The van der Waals surface area contributed by atoms with Gasteiger partial charge in [-0.15, -0.1) is 0 Å². The predicted molar refractivity (Wildman–Crippen MR) is 72.5 cm³/mol. The summed E-state index contributed by atoms with van der Waals surface area (Å²) in [5, 5.41) is 0. The van der Waals surface area contributed by atoms with Crippen molar-refractivity contribution in [2.45, 2.75) is 38.5 Å². The van der Waals surface area contributed by atoms with Gasteiger partial charge in [-0.1, -0.05) is 19.3 Å². The monoisotopic (exact) mass is 298 g/mol. The quantitative estimate of drug-likeness (QED) is 0.510. The molecule has 6 heteroatoms. The van der Waals surface area contributed by atoms with Crippen molar-refractivity contribution < 1.29 is 17.9 Å². The van der Waals surface area contributed by atoms with Crippen LogP contribution in [0.3, 0.4) is 0 Å². The molecular formula is C12H23ClO4S. The van der Waals surface area contributed by atoms with Crippen molar-refractivity contribution in [3.63, 3.8) is 0 Å².